The van der Waals surface area contributed by atoms with Gasteiger partial charge in [-0.25, -0.2) is 0 Å². The van der Waals surface area contributed by atoms with Crippen molar-refractivity contribution in [1.29, 1.82) is 0 Å². The molecule has 7 nitrogen and oxygen atoms in total. The van der Waals surface area contributed by atoms with E-state index >= 15 is 0 Å². The summed E-state index contributed by atoms with van der Waals surface area (Å²) in [5, 5.41) is 14.0. The fourth-order valence-corrected chi connectivity index (χ4v) is 4.35. The SMILES string of the molecule is O=C(N1CC(Cc2nn[nH]n2)C1)[C@@]12CCCCC[C@H]1OCC2. The first-order chi connectivity index (χ1) is 10.8. The molecule has 0 spiro atoms. The molecular formula is C15H23N5O2. The lowest BCUT2D eigenvalue weighted by Crippen LogP contribution is -2.57. The summed E-state index contributed by atoms with van der Waals surface area (Å²) in [6, 6.07) is 0. The van der Waals surface area contributed by atoms with Crippen molar-refractivity contribution < 1.29 is 9.53 Å². The molecule has 1 saturated carbocycles. The lowest BCUT2D eigenvalue weighted by atomic mass is 9.74. The zero-order valence-corrected chi connectivity index (χ0v) is 12.8. The number of hydrogen-bond donors (Lipinski definition) is 1. The summed E-state index contributed by atoms with van der Waals surface area (Å²) in [6.07, 6.45) is 7.49. The summed E-state index contributed by atoms with van der Waals surface area (Å²) in [5.74, 6) is 1.54. The van der Waals surface area contributed by atoms with Crippen LogP contribution in [0.2, 0.25) is 0 Å². The van der Waals surface area contributed by atoms with E-state index in [9.17, 15) is 4.79 Å². The molecular weight excluding hydrogens is 282 g/mol. The Morgan fingerprint density at radius 1 is 1.32 bits per heavy atom. The molecule has 22 heavy (non-hydrogen) atoms. The number of aromatic nitrogens is 4. The van der Waals surface area contributed by atoms with Crippen molar-refractivity contribution in [3.05, 3.63) is 5.82 Å². The molecule has 0 unspecified atom stereocenters. The second-order valence-corrected chi connectivity index (χ2v) is 6.97. The number of carbonyl (C=O) groups excluding carboxylic acids is 1. The fraction of sp³-hybridized carbons (Fsp3) is 0.867. The summed E-state index contributed by atoms with van der Waals surface area (Å²) < 4.78 is 5.91. The van der Waals surface area contributed by atoms with E-state index in [2.05, 4.69) is 20.6 Å². The summed E-state index contributed by atoms with van der Waals surface area (Å²) in [5.41, 5.74) is -0.229. The normalized spacial score (nSPS) is 32.4. The van der Waals surface area contributed by atoms with E-state index in [0.717, 1.165) is 57.6 Å². The van der Waals surface area contributed by atoms with Crippen molar-refractivity contribution in [2.45, 2.75) is 51.0 Å². The summed E-state index contributed by atoms with van der Waals surface area (Å²) in [4.78, 5) is 15.1. The molecule has 2 saturated heterocycles. The standard InChI is InChI=1S/C15H23N5O2/c21-14(15-5-3-1-2-4-12(15)22-7-6-15)20-9-11(10-20)8-13-16-18-19-17-13/h11-12H,1-10H2,(H,16,17,18,19)/t12-,15-/m1/s1. The van der Waals surface area contributed by atoms with Gasteiger partial charge in [0.1, 0.15) is 0 Å². The number of rotatable bonds is 3. The Morgan fingerprint density at radius 3 is 3.05 bits per heavy atom. The van der Waals surface area contributed by atoms with Crippen LogP contribution >= 0.6 is 0 Å². The number of nitrogens with one attached hydrogen (secondary N) is 1. The van der Waals surface area contributed by atoms with Crippen LogP contribution in [0.4, 0.5) is 0 Å². The van der Waals surface area contributed by atoms with Gasteiger partial charge in [0.15, 0.2) is 5.82 Å². The third-order valence-electron chi connectivity index (χ3n) is 5.60. The van der Waals surface area contributed by atoms with Crippen LogP contribution in [-0.4, -0.2) is 57.2 Å². The molecule has 1 N–H and O–H groups in total. The highest BCUT2D eigenvalue weighted by Gasteiger charge is 2.53. The molecule has 4 rings (SSSR count). The predicted molar refractivity (Wildman–Crippen MR) is 77.8 cm³/mol. The number of carbonyl (C=O) groups is 1. The van der Waals surface area contributed by atoms with Gasteiger partial charge in [-0.05, 0) is 19.3 Å². The lowest BCUT2D eigenvalue weighted by Gasteiger charge is -2.45. The second-order valence-electron chi connectivity index (χ2n) is 6.97. The van der Waals surface area contributed by atoms with Crippen molar-refractivity contribution in [3.8, 4) is 0 Å². The van der Waals surface area contributed by atoms with Crippen molar-refractivity contribution in [1.82, 2.24) is 25.5 Å². The van der Waals surface area contributed by atoms with Crippen molar-refractivity contribution in [2.24, 2.45) is 11.3 Å². The number of ether oxygens (including phenoxy) is 1. The molecule has 2 atom stereocenters. The minimum absolute atomic E-state index is 0.152. The number of nitrogens with zero attached hydrogens (tertiary/aromatic N) is 4. The van der Waals surface area contributed by atoms with Crippen LogP contribution in [0, 0.1) is 11.3 Å². The van der Waals surface area contributed by atoms with Gasteiger partial charge in [0.05, 0.1) is 11.5 Å². The largest absolute Gasteiger partial charge is 0.377 e. The number of fused-ring (bicyclic) bond motifs is 1. The van der Waals surface area contributed by atoms with Crippen LogP contribution in [0.25, 0.3) is 0 Å². The number of aromatic amines is 1. The van der Waals surface area contributed by atoms with Gasteiger partial charge in [0.2, 0.25) is 5.91 Å². The van der Waals surface area contributed by atoms with Crippen molar-refractivity contribution in [3.63, 3.8) is 0 Å². The Kier molecular flexibility index (Phi) is 3.60. The molecule has 120 valence electrons. The Labute approximate surface area is 129 Å². The molecule has 7 heteroatoms. The lowest BCUT2D eigenvalue weighted by molar-refractivity contribution is -0.153. The maximum atomic E-state index is 13.1. The van der Waals surface area contributed by atoms with Crippen LogP contribution in [0.5, 0.6) is 0 Å². The number of hydrogen-bond acceptors (Lipinski definition) is 5. The predicted octanol–water partition coefficient (Wildman–Crippen LogP) is 0.940. The molecule has 1 amide bonds. The molecule has 3 heterocycles. The van der Waals surface area contributed by atoms with Gasteiger partial charge in [-0.2, -0.15) is 5.21 Å². The van der Waals surface area contributed by atoms with Crippen LogP contribution in [0.15, 0.2) is 0 Å². The molecule has 0 bridgehead atoms. The van der Waals surface area contributed by atoms with Crippen LogP contribution in [-0.2, 0) is 16.0 Å². The highest BCUT2D eigenvalue weighted by atomic mass is 16.5. The van der Waals surface area contributed by atoms with E-state index in [-0.39, 0.29) is 11.5 Å². The average Bonchev–Trinajstić information content (AvgIpc) is 3.09. The Balaban J connectivity index is 1.39. The summed E-state index contributed by atoms with van der Waals surface area (Å²) >= 11 is 0. The smallest absolute Gasteiger partial charge is 0.231 e. The van der Waals surface area contributed by atoms with Gasteiger partial charge >= 0.3 is 0 Å². The summed E-state index contributed by atoms with van der Waals surface area (Å²) in [7, 11) is 0. The molecule has 1 aliphatic carbocycles. The van der Waals surface area contributed by atoms with E-state index in [1.54, 1.807) is 0 Å². The Bertz CT molecular complexity index is 528. The number of H-pyrrole nitrogens is 1. The van der Waals surface area contributed by atoms with E-state index in [1.807, 2.05) is 4.90 Å². The van der Waals surface area contributed by atoms with E-state index in [1.165, 1.54) is 12.8 Å². The molecule has 3 aliphatic rings. The first-order valence-corrected chi connectivity index (χ1v) is 8.41. The zero-order chi connectivity index (χ0) is 15.0. The molecule has 2 aliphatic heterocycles. The molecule has 0 aromatic carbocycles. The Hall–Kier alpha value is -1.50. The number of amides is 1. The number of likely N-dealkylation sites (tertiary alicyclic amines) is 1. The number of tetrazole rings is 1. The van der Waals surface area contributed by atoms with Gasteiger partial charge in [0, 0.05) is 32.0 Å². The van der Waals surface area contributed by atoms with Crippen LogP contribution in [0.3, 0.4) is 0 Å². The zero-order valence-electron chi connectivity index (χ0n) is 12.8. The monoisotopic (exact) mass is 305 g/mol. The van der Waals surface area contributed by atoms with Gasteiger partial charge in [0.25, 0.3) is 0 Å². The Morgan fingerprint density at radius 2 is 2.23 bits per heavy atom. The molecule has 1 aromatic rings. The fourth-order valence-electron chi connectivity index (χ4n) is 4.35. The first kappa shape index (κ1) is 14.1. The topological polar surface area (TPSA) is 84.0 Å². The molecule has 3 fully saturated rings. The maximum Gasteiger partial charge on any atom is 0.231 e. The van der Waals surface area contributed by atoms with Crippen molar-refractivity contribution in [2.75, 3.05) is 19.7 Å². The average molecular weight is 305 g/mol. The van der Waals surface area contributed by atoms with Gasteiger partial charge in [-0.15, -0.1) is 10.2 Å². The third kappa shape index (κ3) is 2.31. The minimum atomic E-state index is -0.229. The molecule has 1 aromatic heterocycles. The van der Waals surface area contributed by atoms with Crippen LogP contribution in [0.1, 0.15) is 44.3 Å². The van der Waals surface area contributed by atoms with Crippen molar-refractivity contribution >= 4 is 5.91 Å². The maximum absolute atomic E-state index is 13.1. The van der Waals surface area contributed by atoms with E-state index < -0.39 is 0 Å². The first-order valence-electron chi connectivity index (χ1n) is 8.41. The second kappa shape index (κ2) is 5.61. The van der Waals surface area contributed by atoms with E-state index in [4.69, 9.17) is 4.74 Å². The van der Waals surface area contributed by atoms with E-state index in [0.29, 0.717) is 11.8 Å². The van der Waals surface area contributed by atoms with Gasteiger partial charge < -0.3 is 9.64 Å². The van der Waals surface area contributed by atoms with Gasteiger partial charge in [-0.1, -0.05) is 24.5 Å². The quantitative estimate of drug-likeness (QED) is 0.898. The third-order valence-corrected chi connectivity index (χ3v) is 5.60. The minimum Gasteiger partial charge on any atom is -0.377 e. The molecule has 0 radical (unpaired) electrons. The highest BCUT2D eigenvalue weighted by Crippen LogP contribution is 2.46. The summed E-state index contributed by atoms with van der Waals surface area (Å²) in [6.45, 7) is 2.39. The highest BCUT2D eigenvalue weighted by molar-refractivity contribution is 5.84. The van der Waals surface area contributed by atoms with Gasteiger partial charge in [-0.3, -0.25) is 4.79 Å². The van der Waals surface area contributed by atoms with Crippen LogP contribution < -0.4 is 0 Å².